The third-order valence-electron chi connectivity index (χ3n) is 6.48. The summed E-state index contributed by atoms with van der Waals surface area (Å²) in [6.07, 6.45) is 2.11. The van der Waals surface area contributed by atoms with E-state index in [4.69, 9.17) is 16.3 Å². The van der Waals surface area contributed by atoms with Crippen LogP contribution >= 0.6 is 11.6 Å². The molecule has 2 aliphatic rings. The number of halogens is 1. The maximum atomic E-state index is 13.8. The third kappa shape index (κ3) is 3.38. The van der Waals surface area contributed by atoms with E-state index in [9.17, 15) is 9.59 Å². The maximum absolute atomic E-state index is 13.8. The lowest BCUT2D eigenvalue weighted by atomic mass is 9.80. The van der Waals surface area contributed by atoms with E-state index in [-0.39, 0.29) is 17.9 Å². The van der Waals surface area contributed by atoms with Crippen LogP contribution in [-0.4, -0.2) is 55.4 Å². The molecule has 1 fully saturated rings. The highest BCUT2D eigenvalue weighted by atomic mass is 35.5. The normalized spacial score (nSPS) is 22.9. The fourth-order valence-corrected chi connectivity index (χ4v) is 5.11. The number of fused-ring (bicyclic) bond motifs is 1. The van der Waals surface area contributed by atoms with Gasteiger partial charge in [-0.3, -0.25) is 14.5 Å². The number of carbonyl (C=O) groups is 2. The number of rotatable bonds is 5. The highest BCUT2D eigenvalue weighted by Gasteiger charge is 2.57. The minimum Gasteiger partial charge on any atom is -0.496 e. The zero-order chi connectivity index (χ0) is 22.3. The van der Waals surface area contributed by atoms with E-state index < -0.39 is 5.54 Å². The van der Waals surface area contributed by atoms with Crippen molar-refractivity contribution in [1.82, 2.24) is 9.80 Å². The molecule has 4 rings (SSSR count). The van der Waals surface area contributed by atoms with E-state index in [1.165, 1.54) is 0 Å². The van der Waals surface area contributed by atoms with Gasteiger partial charge in [-0.2, -0.15) is 0 Å². The van der Waals surface area contributed by atoms with Crippen LogP contribution in [0.15, 0.2) is 36.4 Å². The lowest BCUT2D eigenvalue weighted by Gasteiger charge is -2.42. The van der Waals surface area contributed by atoms with Crippen molar-refractivity contribution in [1.29, 1.82) is 0 Å². The van der Waals surface area contributed by atoms with E-state index in [2.05, 4.69) is 10.2 Å². The van der Waals surface area contributed by atoms with E-state index in [0.29, 0.717) is 23.7 Å². The predicted octanol–water partition coefficient (Wildman–Crippen LogP) is 3.80. The van der Waals surface area contributed by atoms with Crippen molar-refractivity contribution in [3.05, 3.63) is 58.1 Å². The van der Waals surface area contributed by atoms with E-state index in [0.717, 1.165) is 35.2 Å². The van der Waals surface area contributed by atoms with Gasteiger partial charge in [0.1, 0.15) is 5.75 Å². The summed E-state index contributed by atoms with van der Waals surface area (Å²) in [4.78, 5) is 30.2. The summed E-state index contributed by atoms with van der Waals surface area (Å²) in [7, 11) is 5.13. The molecule has 2 heterocycles. The fraction of sp³-hybridized carbons (Fsp3) is 0.417. The number of hydrogen-bond donors (Lipinski definition) is 1. The highest BCUT2D eigenvalue weighted by Crippen LogP contribution is 2.52. The summed E-state index contributed by atoms with van der Waals surface area (Å²) in [6.45, 7) is 2.62. The van der Waals surface area contributed by atoms with Crippen LogP contribution in [0.3, 0.4) is 0 Å². The molecule has 2 amide bonds. The lowest BCUT2D eigenvalue weighted by Crippen LogP contribution is -2.54. The Labute approximate surface area is 188 Å². The molecule has 0 spiro atoms. The van der Waals surface area contributed by atoms with Gasteiger partial charge in [-0.05, 0) is 43.5 Å². The first kappa shape index (κ1) is 21.7. The smallest absolute Gasteiger partial charge is 0.254 e. The zero-order valence-corrected chi connectivity index (χ0v) is 19.1. The number of nitrogens with one attached hydrogen (secondary N) is 1. The van der Waals surface area contributed by atoms with Crippen molar-refractivity contribution in [3.63, 3.8) is 0 Å². The number of ether oxygens (including phenoxy) is 1. The molecule has 164 valence electrons. The van der Waals surface area contributed by atoms with Gasteiger partial charge in [0.05, 0.1) is 7.11 Å². The molecule has 31 heavy (non-hydrogen) atoms. The van der Waals surface area contributed by atoms with Gasteiger partial charge in [0.25, 0.3) is 5.91 Å². The number of aryl methyl sites for hydroxylation is 1. The molecule has 1 N–H and O–H groups in total. The molecule has 0 aliphatic carbocycles. The third-order valence-corrected chi connectivity index (χ3v) is 6.89. The maximum Gasteiger partial charge on any atom is 0.254 e. The second-order valence-electron chi connectivity index (χ2n) is 8.49. The monoisotopic (exact) mass is 441 g/mol. The molecule has 2 atom stereocenters. The van der Waals surface area contributed by atoms with Crippen molar-refractivity contribution in [2.75, 3.05) is 33.1 Å². The van der Waals surface area contributed by atoms with Crippen LogP contribution in [-0.2, 0) is 15.1 Å². The number of amides is 2. The molecule has 0 bridgehead atoms. The Hall–Kier alpha value is -2.57. The Morgan fingerprint density at radius 2 is 2.03 bits per heavy atom. The summed E-state index contributed by atoms with van der Waals surface area (Å²) in [5.74, 6) is 0.539. The minimum absolute atomic E-state index is 0.0487. The molecule has 2 aromatic carbocycles. The molecule has 2 aromatic rings. The highest BCUT2D eigenvalue weighted by molar-refractivity contribution is 6.31. The van der Waals surface area contributed by atoms with Crippen LogP contribution in [0.25, 0.3) is 0 Å². The van der Waals surface area contributed by atoms with Crippen LogP contribution in [0.1, 0.15) is 36.0 Å². The fourth-order valence-electron chi connectivity index (χ4n) is 4.94. The number of likely N-dealkylation sites (tertiary alicyclic amines) is 1. The minimum atomic E-state index is -1.12. The summed E-state index contributed by atoms with van der Waals surface area (Å²) in [5.41, 5.74) is 2.10. The summed E-state index contributed by atoms with van der Waals surface area (Å²) in [6, 6.07) is 11.3. The van der Waals surface area contributed by atoms with Crippen molar-refractivity contribution in [3.8, 4) is 5.75 Å². The number of carbonyl (C=O) groups excluding carboxylic acids is 2. The Morgan fingerprint density at radius 3 is 2.74 bits per heavy atom. The van der Waals surface area contributed by atoms with E-state index in [1.54, 1.807) is 26.1 Å². The van der Waals surface area contributed by atoms with Crippen LogP contribution in [0.4, 0.5) is 5.69 Å². The largest absolute Gasteiger partial charge is 0.496 e. The summed E-state index contributed by atoms with van der Waals surface area (Å²) < 4.78 is 5.70. The van der Waals surface area contributed by atoms with Gasteiger partial charge >= 0.3 is 0 Å². The van der Waals surface area contributed by atoms with Gasteiger partial charge in [0.2, 0.25) is 5.91 Å². The van der Waals surface area contributed by atoms with E-state index >= 15 is 0 Å². The summed E-state index contributed by atoms with van der Waals surface area (Å²) >= 11 is 6.55. The Balaban J connectivity index is 1.96. The van der Waals surface area contributed by atoms with Gasteiger partial charge in [0, 0.05) is 54.9 Å². The number of para-hydroxylation sites is 1. The molecule has 0 saturated carbocycles. The van der Waals surface area contributed by atoms with Crippen LogP contribution in [0.2, 0.25) is 5.02 Å². The summed E-state index contributed by atoms with van der Waals surface area (Å²) in [5, 5.41) is 3.70. The van der Waals surface area contributed by atoms with Crippen molar-refractivity contribution in [2.45, 2.75) is 37.8 Å². The van der Waals surface area contributed by atoms with Gasteiger partial charge in [-0.15, -0.1) is 0 Å². The Bertz CT molecular complexity index is 1040. The second kappa shape index (κ2) is 8.17. The molecule has 1 saturated heterocycles. The average Bonchev–Trinajstić information content (AvgIpc) is 3.30. The molecule has 7 heteroatoms. The van der Waals surface area contributed by atoms with Crippen LogP contribution < -0.4 is 10.1 Å². The predicted molar refractivity (Wildman–Crippen MR) is 122 cm³/mol. The van der Waals surface area contributed by atoms with Gasteiger partial charge < -0.3 is 15.0 Å². The van der Waals surface area contributed by atoms with Gasteiger partial charge in [-0.1, -0.05) is 29.8 Å². The SMILES string of the molecule is COc1ccccc1C1(N2CCC[C@H]2CC(=O)N(C)C)C(=O)Nc2cc(C)c(Cl)cc21. The van der Waals surface area contributed by atoms with Crippen LogP contribution in [0, 0.1) is 6.92 Å². The first-order valence-corrected chi connectivity index (χ1v) is 10.9. The molecular formula is C24H28ClN3O3. The lowest BCUT2D eigenvalue weighted by molar-refractivity contribution is -0.132. The topological polar surface area (TPSA) is 61.9 Å². The molecule has 2 aliphatic heterocycles. The molecule has 0 aromatic heterocycles. The van der Waals surface area contributed by atoms with Gasteiger partial charge in [-0.25, -0.2) is 0 Å². The second-order valence-corrected chi connectivity index (χ2v) is 8.90. The van der Waals surface area contributed by atoms with E-state index in [1.807, 2.05) is 43.3 Å². The zero-order valence-electron chi connectivity index (χ0n) is 18.4. The number of hydrogen-bond acceptors (Lipinski definition) is 4. The van der Waals surface area contributed by atoms with Crippen LogP contribution in [0.5, 0.6) is 5.75 Å². The Kier molecular flexibility index (Phi) is 5.71. The molecule has 6 nitrogen and oxygen atoms in total. The van der Waals surface area contributed by atoms with Crippen molar-refractivity contribution in [2.24, 2.45) is 0 Å². The van der Waals surface area contributed by atoms with Crippen molar-refractivity contribution >= 4 is 29.1 Å². The average molecular weight is 442 g/mol. The molecule has 0 radical (unpaired) electrons. The first-order valence-electron chi connectivity index (χ1n) is 10.5. The standard InChI is InChI=1S/C24H28ClN3O3/c1-15-12-20-18(14-19(15)25)24(23(30)26-20,17-9-5-6-10-21(17)31-4)28-11-7-8-16(28)13-22(29)27(2)3/h5-6,9-10,12,14,16H,7-8,11,13H2,1-4H3,(H,26,30)/t16-,24?/m0/s1. The van der Waals surface area contributed by atoms with Gasteiger partial charge in [0.15, 0.2) is 5.54 Å². The van der Waals surface area contributed by atoms with Crippen molar-refractivity contribution < 1.29 is 14.3 Å². The quantitative estimate of drug-likeness (QED) is 0.766. The molecule has 1 unspecified atom stereocenters. The number of nitrogens with zero attached hydrogens (tertiary/aromatic N) is 2. The number of benzene rings is 2. The number of anilines is 1. The molecular weight excluding hydrogens is 414 g/mol. The Morgan fingerprint density at radius 1 is 1.29 bits per heavy atom. The number of methoxy groups -OCH3 is 1. The first-order chi connectivity index (χ1) is 14.8.